The van der Waals surface area contributed by atoms with Gasteiger partial charge >= 0.3 is 0 Å². The predicted molar refractivity (Wildman–Crippen MR) is 138 cm³/mol. The maximum Gasteiger partial charge on any atom is 0.263 e. The lowest BCUT2D eigenvalue weighted by atomic mass is 9.92. The van der Waals surface area contributed by atoms with Crippen molar-refractivity contribution in [3.05, 3.63) is 94.8 Å². The largest absolute Gasteiger partial charge is 0.484 e. The summed E-state index contributed by atoms with van der Waals surface area (Å²) in [4.78, 5) is 29.0. The summed E-state index contributed by atoms with van der Waals surface area (Å²) in [6, 6.07) is 24.1. The van der Waals surface area contributed by atoms with Gasteiger partial charge in [-0.25, -0.2) is 4.68 Å². The van der Waals surface area contributed by atoms with Crippen molar-refractivity contribution in [3.8, 4) is 11.4 Å². The predicted octanol–water partition coefficient (Wildman–Crippen LogP) is 5.18. The molecule has 2 heterocycles. The highest BCUT2D eigenvalue weighted by molar-refractivity contribution is 5.93. The molecule has 0 radical (unpaired) electrons. The Morgan fingerprint density at radius 3 is 2.43 bits per heavy atom. The van der Waals surface area contributed by atoms with Gasteiger partial charge in [-0.1, -0.05) is 51.1 Å². The molecule has 5 rings (SSSR count). The Bertz CT molecular complexity index is 1590. The third kappa shape index (κ3) is 4.53. The molecule has 176 valence electrons. The number of hydrogen-bond donors (Lipinski definition) is 2. The van der Waals surface area contributed by atoms with E-state index in [1.54, 1.807) is 28.9 Å². The van der Waals surface area contributed by atoms with Crippen molar-refractivity contribution < 1.29 is 9.53 Å². The van der Waals surface area contributed by atoms with Crippen LogP contribution in [0.1, 0.15) is 26.5 Å². The van der Waals surface area contributed by atoms with Gasteiger partial charge in [0.1, 0.15) is 11.6 Å². The fraction of sp³-hybridized carbons (Fsp3) is 0.179. The number of nitrogens with one attached hydrogen (secondary N) is 2. The fourth-order valence-electron chi connectivity index (χ4n) is 3.92. The van der Waals surface area contributed by atoms with Gasteiger partial charge in [-0.05, 0) is 42.5 Å². The van der Waals surface area contributed by atoms with E-state index < -0.39 is 0 Å². The second-order valence-corrected chi connectivity index (χ2v) is 9.46. The van der Waals surface area contributed by atoms with Crippen LogP contribution >= 0.6 is 0 Å². The number of carbonyl (C=O) groups is 1. The number of fused-ring (bicyclic) bond motifs is 2. The van der Waals surface area contributed by atoms with Gasteiger partial charge in [0.15, 0.2) is 12.0 Å². The van der Waals surface area contributed by atoms with Crippen molar-refractivity contribution in [2.45, 2.75) is 26.2 Å². The molecule has 7 heteroatoms. The van der Waals surface area contributed by atoms with E-state index >= 15 is 0 Å². The number of hydrogen-bond acceptors (Lipinski definition) is 4. The highest BCUT2D eigenvalue weighted by Gasteiger charge is 2.21. The van der Waals surface area contributed by atoms with E-state index in [-0.39, 0.29) is 23.4 Å². The van der Waals surface area contributed by atoms with E-state index in [9.17, 15) is 9.59 Å². The van der Waals surface area contributed by atoms with Gasteiger partial charge in [0.05, 0.1) is 16.9 Å². The van der Waals surface area contributed by atoms with Crippen LogP contribution in [0.5, 0.6) is 5.75 Å². The second kappa shape index (κ2) is 8.76. The number of ether oxygens (including phenoxy) is 1. The van der Waals surface area contributed by atoms with E-state index in [4.69, 9.17) is 9.84 Å². The molecule has 0 aliphatic heterocycles. The highest BCUT2D eigenvalue weighted by Crippen LogP contribution is 2.26. The standard InChI is InChI=1S/C28H26N4O3/c1-28(2,3)24-16-25(32(31-24)18-9-5-4-6-10-18)30-26(33)17-35-19-13-14-23-21(15-19)27(34)20-11-7-8-12-22(20)29-23/h4-16H,17H2,1-3H3,(H,29,34)(H,30,33). The molecule has 1 amide bonds. The monoisotopic (exact) mass is 466 g/mol. The Labute approximate surface area is 202 Å². The van der Waals surface area contributed by atoms with E-state index in [2.05, 4.69) is 31.1 Å². The topological polar surface area (TPSA) is 89.0 Å². The molecule has 0 saturated heterocycles. The van der Waals surface area contributed by atoms with Crippen LogP contribution in [0.15, 0.2) is 83.7 Å². The van der Waals surface area contributed by atoms with Gasteiger partial charge in [0.25, 0.3) is 5.91 Å². The molecule has 5 aromatic rings. The van der Waals surface area contributed by atoms with Crippen LogP contribution in [0.2, 0.25) is 0 Å². The second-order valence-electron chi connectivity index (χ2n) is 9.46. The number of benzene rings is 3. The summed E-state index contributed by atoms with van der Waals surface area (Å²) in [7, 11) is 0. The van der Waals surface area contributed by atoms with Crippen molar-refractivity contribution in [1.29, 1.82) is 0 Å². The summed E-state index contributed by atoms with van der Waals surface area (Å²) < 4.78 is 7.46. The Morgan fingerprint density at radius 1 is 0.943 bits per heavy atom. The summed E-state index contributed by atoms with van der Waals surface area (Å²) in [6.07, 6.45) is 0. The maximum atomic E-state index is 12.9. The Balaban J connectivity index is 1.37. The number of aromatic amines is 1. The lowest BCUT2D eigenvalue weighted by molar-refractivity contribution is -0.118. The number of nitrogens with zero attached hydrogens (tertiary/aromatic N) is 2. The third-order valence-corrected chi connectivity index (χ3v) is 5.79. The zero-order valence-corrected chi connectivity index (χ0v) is 19.8. The first-order valence-electron chi connectivity index (χ1n) is 11.4. The summed E-state index contributed by atoms with van der Waals surface area (Å²) in [5.41, 5.74) is 2.94. The first-order chi connectivity index (χ1) is 16.8. The van der Waals surface area contributed by atoms with Gasteiger partial charge in [-0.15, -0.1) is 0 Å². The van der Waals surface area contributed by atoms with Gasteiger partial charge in [0.2, 0.25) is 0 Å². The molecule has 2 N–H and O–H groups in total. The maximum absolute atomic E-state index is 12.9. The van der Waals surface area contributed by atoms with Gasteiger partial charge < -0.3 is 15.0 Å². The molecule has 2 aromatic heterocycles. The molecule has 35 heavy (non-hydrogen) atoms. The molecule has 0 bridgehead atoms. The number of H-pyrrole nitrogens is 1. The molecular weight excluding hydrogens is 440 g/mol. The minimum absolute atomic E-state index is 0.0780. The van der Waals surface area contributed by atoms with Crippen molar-refractivity contribution in [3.63, 3.8) is 0 Å². The first-order valence-corrected chi connectivity index (χ1v) is 11.4. The number of para-hydroxylation sites is 2. The van der Waals surface area contributed by atoms with Gasteiger partial charge in [0, 0.05) is 27.8 Å². The van der Waals surface area contributed by atoms with E-state index in [1.807, 2.05) is 54.6 Å². The summed E-state index contributed by atoms with van der Waals surface area (Å²) in [6.45, 7) is 6.01. The molecule has 0 fully saturated rings. The number of rotatable bonds is 5. The minimum atomic E-state index is -0.324. The van der Waals surface area contributed by atoms with Crippen LogP contribution in [0.25, 0.3) is 27.5 Å². The molecule has 0 aliphatic carbocycles. The zero-order chi connectivity index (χ0) is 24.6. The molecule has 0 atom stereocenters. The van der Waals surface area contributed by atoms with Crippen molar-refractivity contribution in [2.24, 2.45) is 0 Å². The quantitative estimate of drug-likeness (QED) is 0.349. The Hall–Kier alpha value is -4.39. The normalized spacial score (nSPS) is 11.6. The van der Waals surface area contributed by atoms with Crippen LogP contribution in [-0.4, -0.2) is 27.3 Å². The Kier molecular flexibility index (Phi) is 5.61. The molecular formula is C28H26N4O3. The highest BCUT2D eigenvalue weighted by atomic mass is 16.5. The first kappa shape index (κ1) is 22.4. The molecule has 0 unspecified atom stereocenters. The van der Waals surface area contributed by atoms with Crippen LogP contribution in [0.4, 0.5) is 5.82 Å². The minimum Gasteiger partial charge on any atom is -0.484 e. The number of anilines is 1. The molecule has 7 nitrogen and oxygen atoms in total. The molecule has 0 saturated carbocycles. The van der Waals surface area contributed by atoms with Gasteiger partial charge in [-0.3, -0.25) is 9.59 Å². The number of amides is 1. The summed E-state index contributed by atoms with van der Waals surface area (Å²) >= 11 is 0. The number of carbonyl (C=O) groups excluding carboxylic acids is 1. The number of aromatic nitrogens is 3. The zero-order valence-electron chi connectivity index (χ0n) is 19.8. The van der Waals surface area contributed by atoms with Crippen LogP contribution < -0.4 is 15.5 Å². The van der Waals surface area contributed by atoms with Crippen molar-refractivity contribution in [2.75, 3.05) is 11.9 Å². The molecule has 0 spiro atoms. The summed E-state index contributed by atoms with van der Waals surface area (Å²) in [5, 5.41) is 8.75. The number of pyridine rings is 1. The smallest absolute Gasteiger partial charge is 0.263 e. The van der Waals surface area contributed by atoms with Crippen molar-refractivity contribution in [1.82, 2.24) is 14.8 Å². The van der Waals surface area contributed by atoms with E-state index in [0.29, 0.717) is 27.9 Å². The average molecular weight is 467 g/mol. The Morgan fingerprint density at radius 2 is 1.66 bits per heavy atom. The average Bonchev–Trinajstić information content (AvgIpc) is 3.28. The van der Waals surface area contributed by atoms with E-state index in [0.717, 1.165) is 16.9 Å². The van der Waals surface area contributed by atoms with Gasteiger partial charge in [-0.2, -0.15) is 5.10 Å². The van der Waals surface area contributed by atoms with Crippen LogP contribution in [0, 0.1) is 0 Å². The third-order valence-electron chi connectivity index (χ3n) is 5.79. The molecule has 0 aliphatic rings. The fourth-order valence-corrected chi connectivity index (χ4v) is 3.92. The van der Waals surface area contributed by atoms with Crippen LogP contribution in [0.3, 0.4) is 0 Å². The summed E-state index contributed by atoms with van der Waals surface area (Å²) in [5.74, 6) is 0.687. The van der Waals surface area contributed by atoms with Crippen molar-refractivity contribution >= 4 is 33.5 Å². The van der Waals surface area contributed by atoms with Crippen LogP contribution in [-0.2, 0) is 10.2 Å². The lowest BCUT2D eigenvalue weighted by Gasteiger charge is -2.14. The lowest BCUT2D eigenvalue weighted by Crippen LogP contribution is -2.22. The van der Waals surface area contributed by atoms with E-state index in [1.165, 1.54) is 0 Å². The SMILES string of the molecule is CC(C)(C)c1cc(NC(=O)COc2ccc3[nH]c4ccccc4c(=O)c3c2)n(-c2ccccc2)n1. The molecule has 3 aromatic carbocycles.